The molecule has 4 aromatic rings. The highest BCUT2D eigenvalue weighted by Gasteiger charge is 2.25. The fraction of sp³-hybridized carbons (Fsp3) is 0.167. The van der Waals surface area contributed by atoms with Crippen LogP contribution >= 0.6 is 0 Å². The van der Waals surface area contributed by atoms with Gasteiger partial charge in [0.25, 0.3) is 0 Å². The summed E-state index contributed by atoms with van der Waals surface area (Å²) in [5, 5.41) is 17.2. The van der Waals surface area contributed by atoms with Crippen LogP contribution in [0.3, 0.4) is 0 Å². The molecule has 0 radical (unpaired) electrons. The van der Waals surface area contributed by atoms with Gasteiger partial charge in [-0.2, -0.15) is 5.10 Å². The second-order valence-corrected chi connectivity index (χ2v) is 7.57. The number of nitrogens with zero attached hydrogens (tertiary/aromatic N) is 2. The fourth-order valence-electron chi connectivity index (χ4n) is 3.83. The van der Waals surface area contributed by atoms with Crippen LogP contribution in [0.5, 0.6) is 11.5 Å². The molecule has 0 saturated heterocycles. The Morgan fingerprint density at radius 1 is 1.00 bits per heavy atom. The number of phenols is 1. The number of H-pyrrole nitrogens is 1. The van der Waals surface area contributed by atoms with Gasteiger partial charge in [0.05, 0.1) is 23.2 Å². The summed E-state index contributed by atoms with van der Waals surface area (Å²) in [4.78, 5) is 4.60. The van der Waals surface area contributed by atoms with Crippen molar-refractivity contribution in [2.24, 2.45) is 0 Å². The number of phenolic OH excluding ortho intramolecular Hbond substituents is 1. The Kier molecular flexibility index (Phi) is 4.09. The molecule has 144 valence electrons. The van der Waals surface area contributed by atoms with Crippen molar-refractivity contribution >= 4 is 0 Å². The van der Waals surface area contributed by atoms with Crippen LogP contribution in [-0.4, -0.2) is 26.4 Å². The van der Waals surface area contributed by atoms with Gasteiger partial charge in [-0.3, -0.25) is 10.1 Å². The number of ether oxygens (including phenoxy) is 1. The van der Waals surface area contributed by atoms with E-state index in [0.29, 0.717) is 0 Å². The summed E-state index contributed by atoms with van der Waals surface area (Å²) in [7, 11) is 0. The van der Waals surface area contributed by atoms with E-state index >= 15 is 0 Å². The number of aromatic nitrogens is 3. The predicted octanol–water partition coefficient (Wildman–Crippen LogP) is 5.20. The molecule has 2 N–H and O–H groups in total. The highest BCUT2D eigenvalue weighted by Crippen LogP contribution is 2.41. The maximum atomic E-state index is 9.46. The van der Waals surface area contributed by atoms with Crippen molar-refractivity contribution in [2.45, 2.75) is 26.4 Å². The Morgan fingerprint density at radius 3 is 2.52 bits per heavy atom. The zero-order valence-corrected chi connectivity index (χ0v) is 16.3. The van der Waals surface area contributed by atoms with E-state index in [2.05, 4.69) is 27.3 Å². The Morgan fingerprint density at radius 2 is 1.79 bits per heavy atom. The molecule has 5 rings (SSSR count). The van der Waals surface area contributed by atoms with E-state index in [4.69, 9.17) is 4.74 Å². The van der Waals surface area contributed by atoms with Crippen LogP contribution in [0.15, 0.2) is 60.8 Å². The first-order chi connectivity index (χ1) is 14.1. The summed E-state index contributed by atoms with van der Waals surface area (Å²) in [5.41, 5.74) is 8.45. The second kappa shape index (κ2) is 6.78. The average Bonchev–Trinajstić information content (AvgIpc) is 3.27. The number of rotatable bonds is 4. The van der Waals surface area contributed by atoms with Gasteiger partial charge in [0.2, 0.25) is 0 Å². The number of aromatic amines is 1. The molecule has 5 nitrogen and oxygen atoms in total. The smallest absolute Gasteiger partial charge is 0.120 e. The standard InChI is InChI=1S/C24H21N3O2/c1-14(2)29-19-8-9-20-17(11-19)12-21-23(26-27-24(20)21)16-5-10-22(25-13-16)15-3-6-18(28)7-4-15/h3-11,13-14,28H,12H2,1-2H3,(H,26,27). The molecule has 29 heavy (non-hydrogen) atoms. The number of pyridine rings is 1. The van der Waals surface area contributed by atoms with Gasteiger partial charge in [0.1, 0.15) is 11.5 Å². The van der Waals surface area contributed by atoms with Crippen molar-refractivity contribution in [3.05, 3.63) is 71.9 Å². The van der Waals surface area contributed by atoms with Crippen LogP contribution in [0.2, 0.25) is 0 Å². The minimum Gasteiger partial charge on any atom is -0.508 e. The van der Waals surface area contributed by atoms with Gasteiger partial charge in [0, 0.05) is 34.9 Å². The zero-order chi connectivity index (χ0) is 20.0. The number of fused-ring (bicyclic) bond motifs is 3. The third-order valence-electron chi connectivity index (χ3n) is 5.15. The SMILES string of the molecule is CC(C)Oc1ccc2c(c1)Cc1c(-c3ccc(-c4ccc(O)cc4)nc3)n[nH]c1-2. The van der Waals surface area contributed by atoms with Crippen LogP contribution in [-0.2, 0) is 6.42 Å². The summed E-state index contributed by atoms with van der Waals surface area (Å²) in [6.45, 7) is 4.07. The zero-order valence-electron chi connectivity index (χ0n) is 16.3. The first-order valence-electron chi connectivity index (χ1n) is 9.71. The minimum absolute atomic E-state index is 0.155. The third kappa shape index (κ3) is 3.14. The third-order valence-corrected chi connectivity index (χ3v) is 5.15. The lowest BCUT2D eigenvalue weighted by atomic mass is 10.1. The first-order valence-corrected chi connectivity index (χ1v) is 9.71. The Balaban J connectivity index is 1.45. The fourth-order valence-corrected chi connectivity index (χ4v) is 3.83. The van der Waals surface area contributed by atoms with Gasteiger partial charge in [-0.1, -0.05) is 0 Å². The van der Waals surface area contributed by atoms with Crippen LogP contribution in [0.4, 0.5) is 0 Å². The molecule has 0 saturated carbocycles. The van der Waals surface area contributed by atoms with E-state index in [1.165, 1.54) is 16.7 Å². The molecular weight excluding hydrogens is 362 g/mol. The normalized spacial score (nSPS) is 12.1. The number of hydrogen-bond acceptors (Lipinski definition) is 4. The van der Waals surface area contributed by atoms with Crippen LogP contribution in [0, 0.1) is 0 Å². The van der Waals surface area contributed by atoms with Crippen molar-refractivity contribution in [3.8, 4) is 45.3 Å². The van der Waals surface area contributed by atoms with Gasteiger partial charge in [-0.15, -0.1) is 0 Å². The van der Waals surface area contributed by atoms with E-state index < -0.39 is 0 Å². The van der Waals surface area contributed by atoms with Crippen molar-refractivity contribution < 1.29 is 9.84 Å². The second-order valence-electron chi connectivity index (χ2n) is 7.57. The number of aromatic hydroxyl groups is 1. The average molecular weight is 383 g/mol. The highest BCUT2D eigenvalue weighted by atomic mass is 16.5. The van der Waals surface area contributed by atoms with Gasteiger partial charge < -0.3 is 9.84 Å². The van der Waals surface area contributed by atoms with Crippen LogP contribution < -0.4 is 4.74 Å². The lowest BCUT2D eigenvalue weighted by Crippen LogP contribution is -2.05. The molecule has 2 aromatic carbocycles. The van der Waals surface area contributed by atoms with Crippen molar-refractivity contribution in [1.29, 1.82) is 0 Å². The summed E-state index contributed by atoms with van der Waals surface area (Å²) >= 11 is 0. The maximum absolute atomic E-state index is 9.46. The Labute approximate surface area is 169 Å². The first kappa shape index (κ1) is 17.5. The quantitative estimate of drug-likeness (QED) is 0.447. The number of benzene rings is 2. The molecule has 0 unspecified atom stereocenters. The molecule has 0 bridgehead atoms. The van der Waals surface area contributed by atoms with Gasteiger partial charge in [-0.25, -0.2) is 0 Å². The van der Waals surface area contributed by atoms with Gasteiger partial charge >= 0.3 is 0 Å². The molecule has 1 aliphatic rings. The molecule has 0 aliphatic heterocycles. The maximum Gasteiger partial charge on any atom is 0.120 e. The summed E-state index contributed by atoms with van der Waals surface area (Å²) < 4.78 is 5.84. The summed E-state index contributed by atoms with van der Waals surface area (Å²) in [5.74, 6) is 1.15. The van der Waals surface area contributed by atoms with E-state index in [-0.39, 0.29) is 11.9 Å². The molecule has 0 atom stereocenters. The highest BCUT2D eigenvalue weighted by molar-refractivity contribution is 5.81. The van der Waals surface area contributed by atoms with E-state index in [0.717, 1.165) is 40.4 Å². The topological polar surface area (TPSA) is 71.0 Å². The molecule has 1 aliphatic carbocycles. The monoisotopic (exact) mass is 383 g/mol. The van der Waals surface area contributed by atoms with Gasteiger partial charge in [0.15, 0.2) is 0 Å². The van der Waals surface area contributed by atoms with Crippen molar-refractivity contribution in [3.63, 3.8) is 0 Å². The molecule has 5 heteroatoms. The molecular formula is C24H21N3O2. The molecule has 0 amide bonds. The lowest BCUT2D eigenvalue weighted by molar-refractivity contribution is 0.242. The lowest BCUT2D eigenvalue weighted by Gasteiger charge is -2.11. The van der Waals surface area contributed by atoms with Crippen LogP contribution in [0.25, 0.3) is 33.8 Å². The van der Waals surface area contributed by atoms with Crippen LogP contribution in [0.1, 0.15) is 25.0 Å². The molecule has 0 spiro atoms. The largest absolute Gasteiger partial charge is 0.508 e. The Hall–Kier alpha value is -3.60. The van der Waals surface area contributed by atoms with Crippen molar-refractivity contribution in [1.82, 2.24) is 15.2 Å². The summed E-state index contributed by atoms with van der Waals surface area (Å²) in [6.07, 6.45) is 2.84. The predicted molar refractivity (Wildman–Crippen MR) is 113 cm³/mol. The molecule has 2 aromatic heterocycles. The summed E-state index contributed by atoms with van der Waals surface area (Å²) in [6, 6.07) is 17.3. The van der Waals surface area contributed by atoms with Gasteiger partial charge in [-0.05, 0) is 74.0 Å². The van der Waals surface area contributed by atoms with Crippen molar-refractivity contribution in [2.75, 3.05) is 0 Å². The van der Waals surface area contributed by atoms with E-state index in [1.54, 1.807) is 12.1 Å². The van der Waals surface area contributed by atoms with E-state index in [9.17, 15) is 5.11 Å². The number of nitrogens with one attached hydrogen (secondary N) is 1. The Bertz CT molecular complexity index is 1180. The number of hydrogen-bond donors (Lipinski definition) is 2. The molecule has 2 heterocycles. The minimum atomic E-state index is 0.155. The molecule has 0 fully saturated rings. The van der Waals surface area contributed by atoms with E-state index in [1.807, 2.05) is 50.4 Å².